The molecule has 3 nitrogen and oxygen atoms in total. The predicted octanol–water partition coefficient (Wildman–Crippen LogP) is 1.56. The maximum atomic E-state index is 11.6. The molecule has 1 unspecified atom stereocenters. The van der Waals surface area contributed by atoms with Crippen molar-refractivity contribution in [2.24, 2.45) is 11.7 Å². The summed E-state index contributed by atoms with van der Waals surface area (Å²) in [5.74, 6) is 0.0742. The third-order valence-corrected chi connectivity index (χ3v) is 3.56. The molecule has 0 bridgehead atoms. The molecule has 1 aromatic carbocycles. The van der Waals surface area contributed by atoms with Gasteiger partial charge in [0.1, 0.15) is 0 Å². The summed E-state index contributed by atoms with van der Waals surface area (Å²) in [6.45, 7) is 1.95. The fraction of sp³-hybridized carbons (Fsp3) is 0.500. The van der Waals surface area contributed by atoms with E-state index >= 15 is 0 Å². The predicted molar refractivity (Wildman–Crippen MR) is 68.5 cm³/mol. The van der Waals surface area contributed by atoms with Crippen LogP contribution in [0.5, 0.6) is 0 Å². The first kappa shape index (κ1) is 12.1. The second-order valence-corrected chi connectivity index (χ2v) is 5.03. The van der Waals surface area contributed by atoms with Crippen LogP contribution in [0.25, 0.3) is 0 Å². The Balaban J connectivity index is 2.18. The van der Waals surface area contributed by atoms with Crippen molar-refractivity contribution in [2.75, 3.05) is 7.05 Å². The Bertz CT molecular complexity index is 424. The van der Waals surface area contributed by atoms with Crippen molar-refractivity contribution in [1.82, 2.24) is 5.32 Å². The van der Waals surface area contributed by atoms with Crippen molar-refractivity contribution in [3.05, 3.63) is 35.4 Å². The highest BCUT2D eigenvalue weighted by Gasteiger charge is 2.41. The Labute approximate surface area is 102 Å². The third kappa shape index (κ3) is 2.50. The van der Waals surface area contributed by atoms with E-state index in [4.69, 9.17) is 5.73 Å². The molecule has 0 saturated heterocycles. The molecule has 1 aliphatic carbocycles. The van der Waals surface area contributed by atoms with Crippen LogP contribution in [0.3, 0.4) is 0 Å². The molecule has 1 fully saturated rings. The lowest BCUT2D eigenvalue weighted by Crippen LogP contribution is -2.28. The van der Waals surface area contributed by atoms with Gasteiger partial charge in [-0.25, -0.2) is 0 Å². The largest absolute Gasteiger partial charge is 0.359 e. The first-order chi connectivity index (χ1) is 8.07. The lowest BCUT2D eigenvalue weighted by Gasteiger charge is -2.17. The summed E-state index contributed by atoms with van der Waals surface area (Å²) in [6, 6.07) is 8.22. The van der Waals surface area contributed by atoms with Crippen molar-refractivity contribution in [3.8, 4) is 0 Å². The third-order valence-electron chi connectivity index (χ3n) is 3.56. The highest BCUT2D eigenvalue weighted by molar-refractivity contribution is 5.78. The molecule has 1 aromatic rings. The number of hydrogen-bond acceptors (Lipinski definition) is 2. The summed E-state index contributed by atoms with van der Waals surface area (Å²) in [7, 11) is 1.68. The van der Waals surface area contributed by atoms with Crippen LogP contribution < -0.4 is 11.1 Å². The molecule has 0 heterocycles. The molecule has 2 rings (SSSR count). The summed E-state index contributed by atoms with van der Waals surface area (Å²) in [5, 5.41) is 2.69. The molecule has 0 radical (unpaired) electrons. The second kappa shape index (κ2) is 4.49. The van der Waals surface area contributed by atoms with Gasteiger partial charge in [-0.2, -0.15) is 0 Å². The van der Waals surface area contributed by atoms with E-state index in [2.05, 4.69) is 17.4 Å². The molecule has 3 N–H and O–H groups in total. The van der Waals surface area contributed by atoms with Crippen LogP contribution in [-0.2, 0) is 16.8 Å². The van der Waals surface area contributed by atoms with Gasteiger partial charge >= 0.3 is 0 Å². The van der Waals surface area contributed by atoms with Gasteiger partial charge in [-0.05, 0) is 30.4 Å². The zero-order chi connectivity index (χ0) is 12.5. The zero-order valence-corrected chi connectivity index (χ0v) is 10.5. The number of carbonyl (C=O) groups is 1. The zero-order valence-electron chi connectivity index (χ0n) is 10.5. The van der Waals surface area contributed by atoms with Crippen LogP contribution in [0.2, 0.25) is 0 Å². The van der Waals surface area contributed by atoms with E-state index in [0.29, 0.717) is 0 Å². The van der Waals surface area contributed by atoms with E-state index in [1.807, 2.05) is 19.1 Å². The minimum absolute atomic E-state index is 0.0106. The number of carbonyl (C=O) groups excluding carboxylic acids is 1. The molecule has 1 saturated carbocycles. The van der Waals surface area contributed by atoms with Crippen molar-refractivity contribution in [2.45, 2.75) is 31.7 Å². The SMILES string of the molecule is CNC(=O)C(C)Cc1ccccc1C1(N)CC1. The lowest BCUT2D eigenvalue weighted by molar-refractivity contribution is -0.123. The summed E-state index contributed by atoms with van der Waals surface area (Å²) < 4.78 is 0. The van der Waals surface area contributed by atoms with E-state index in [0.717, 1.165) is 19.3 Å². The summed E-state index contributed by atoms with van der Waals surface area (Å²) in [5.41, 5.74) is 8.56. The van der Waals surface area contributed by atoms with E-state index in [-0.39, 0.29) is 17.4 Å². The van der Waals surface area contributed by atoms with Crippen LogP contribution in [0.1, 0.15) is 30.9 Å². The van der Waals surface area contributed by atoms with Gasteiger partial charge < -0.3 is 11.1 Å². The van der Waals surface area contributed by atoms with Crippen LogP contribution >= 0.6 is 0 Å². The maximum Gasteiger partial charge on any atom is 0.222 e. The molecule has 17 heavy (non-hydrogen) atoms. The second-order valence-electron chi connectivity index (χ2n) is 5.03. The van der Waals surface area contributed by atoms with Gasteiger partial charge in [-0.15, -0.1) is 0 Å². The Morgan fingerprint density at radius 2 is 2.12 bits per heavy atom. The maximum absolute atomic E-state index is 11.6. The van der Waals surface area contributed by atoms with Crippen LogP contribution in [0.15, 0.2) is 24.3 Å². The molecular formula is C14H20N2O. The number of nitrogens with two attached hydrogens (primary N) is 1. The first-order valence-corrected chi connectivity index (χ1v) is 6.16. The van der Waals surface area contributed by atoms with Gasteiger partial charge in [0.05, 0.1) is 0 Å². The quantitative estimate of drug-likeness (QED) is 0.827. The highest BCUT2D eigenvalue weighted by atomic mass is 16.1. The molecule has 3 heteroatoms. The smallest absolute Gasteiger partial charge is 0.222 e. The Kier molecular flexibility index (Phi) is 3.20. The summed E-state index contributed by atoms with van der Waals surface area (Å²) in [6.07, 6.45) is 2.87. The summed E-state index contributed by atoms with van der Waals surface area (Å²) in [4.78, 5) is 11.6. The van der Waals surface area contributed by atoms with Crippen molar-refractivity contribution in [1.29, 1.82) is 0 Å². The lowest BCUT2D eigenvalue weighted by atomic mass is 9.92. The fourth-order valence-electron chi connectivity index (χ4n) is 2.26. The average Bonchev–Trinajstić information content (AvgIpc) is 3.08. The van der Waals surface area contributed by atoms with Gasteiger partial charge in [0.2, 0.25) is 5.91 Å². The highest BCUT2D eigenvalue weighted by Crippen LogP contribution is 2.44. The van der Waals surface area contributed by atoms with Crippen molar-refractivity contribution < 1.29 is 4.79 Å². The molecule has 1 amide bonds. The van der Waals surface area contributed by atoms with Gasteiger partial charge in [-0.1, -0.05) is 31.2 Å². The molecule has 1 aliphatic rings. The monoisotopic (exact) mass is 232 g/mol. The number of hydrogen-bond donors (Lipinski definition) is 2. The Morgan fingerprint density at radius 3 is 2.71 bits per heavy atom. The van der Waals surface area contributed by atoms with Crippen molar-refractivity contribution in [3.63, 3.8) is 0 Å². The number of amides is 1. The van der Waals surface area contributed by atoms with E-state index in [9.17, 15) is 4.79 Å². The molecule has 0 aliphatic heterocycles. The Hall–Kier alpha value is -1.35. The number of rotatable bonds is 4. The minimum atomic E-state index is -0.126. The van der Waals surface area contributed by atoms with Gasteiger partial charge in [0.15, 0.2) is 0 Å². The van der Waals surface area contributed by atoms with Crippen molar-refractivity contribution >= 4 is 5.91 Å². The molecule has 92 valence electrons. The molecular weight excluding hydrogens is 212 g/mol. The van der Waals surface area contributed by atoms with Gasteiger partial charge in [-0.3, -0.25) is 4.79 Å². The molecule has 0 aromatic heterocycles. The number of nitrogens with one attached hydrogen (secondary N) is 1. The van der Waals surface area contributed by atoms with Gasteiger partial charge in [0.25, 0.3) is 0 Å². The first-order valence-electron chi connectivity index (χ1n) is 6.16. The standard InChI is InChI=1S/C14H20N2O/c1-10(13(17)16-2)9-11-5-3-4-6-12(11)14(15)7-8-14/h3-6,10H,7-9,15H2,1-2H3,(H,16,17). The van der Waals surface area contributed by atoms with E-state index < -0.39 is 0 Å². The van der Waals surface area contributed by atoms with Crippen LogP contribution in [0.4, 0.5) is 0 Å². The van der Waals surface area contributed by atoms with E-state index in [1.54, 1.807) is 7.05 Å². The molecule has 0 spiro atoms. The number of benzene rings is 1. The topological polar surface area (TPSA) is 55.1 Å². The fourth-order valence-corrected chi connectivity index (χ4v) is 2.26. The molecule has 1 atom stereocenters. The van der Waals surface area contributed by atoms with Gasteiger partial charge in [0, 0.05) is 18.5 Å². The van der Waals surface area contributed by atoms with Crippen LogP contribution in [-0.4, -0.2) is 13.0 Å². The van der Waals surface area contributed by atoms with Crippen LogP contribution in [0, 0.1) is 5.92 Å². The normalized spacial score (nSPS) is 18.5. The minimum Gasteiger partial charge on any atom is -0.359 e. The summed E-state index contributed by atoms with van der Waals surface area (Å²) >= 11 is 0. The Morgan fingerprint density at radius 1 is 1.47 bits per heavy atom. The average molecular weight is 232 g/mol. The van der Waals surface area contributed by atoms with E-state index in [1.165, 1.54) is 11.1 Å².